The summed E-state index contributed by atoms with van der Waals surface area (Å²) >= 11 is 0. The first kappa shape index (κ1) is 22.8. The number of ketones is 2. The highest BCUT2D eigenvalue weighted by Gasteiger charge is 2.77. The van der Waals surface area contributed by atoms with E-state index in [0.717, 1.165) is 6.92 Å². The number of Topliss-reactive ketones (excluding diaryl/α,β-unsaturated/α-hetero) is 1. The molecule has 32 heavy (non-hydrogen) atoms. The Kier molecular flexibility index (Phi) is 4.87. The second kappa shape index (κ2) is 6.83. The summed E-state index contributed by atoms with van der Waals surface area (Å²) in [6.07, 6.45) is 3.56. The van der Waals surface area contributed by atoms with Crippen molar-refractivity contribution in [1.82, 2.24) is 0 Å². The number of hydrogen-bond acceptors (Lipinski definition) is 6. The molecule has 0 aromatic heterocycles. The van der Waals surface area contributed by atoms with Gasteiger partial charge in [0, 0.05) is 29.6 Å². The smallest absolute Gasteiger partial charge is 0.376 e. The van der Waals surface area contributed by atoms with Crippen LogP contribution in [0.2, 0.25) is 0 Å². The van der Waals surface area contributed by atoms with Crippen LogP contribution in [-0.2, 0) is 23.9 Å². The Morgan fingerprint density at radius 3 is 2.47 bits per heavy atom. The second-order valence-electron chi connectivity index (χ2n) is 10.4. The van der Waals surface area contributed by atoms with Gasteiger partial charge in [-0.25, -0.2) is 9.18 Å². The third kappa shape index (κ3) is 2.50. The number of carboxylic acid groups (broad SMARTS) is 1. The summed E-state index contributed by atoms with van der Waals surface area (Å²) in [5.41, 5.74) is -5.94. The van der Waals surface area contributed by atoms with Gasteiger partial charge in [-0.15, -0.1) is 0 Å². The van der Waals surface area contributed by atoms with Crippen LogP contribution in [0, 0.1) is 28.6 Å². The molecule has 4 rings (SSSR count). The van der Waals surface area contributed by atoms with Crippen molar-refractivity contribution in [2.24, 2.45) is 28.6 Å². The van der Waals surface area contributed by atoms with Crippen LogP contribution in [0.4, 0.5) is 4.39 Å². The third-order valence-corrected chi connectivity index (χ3v) is 9.02. The number of allylic oxidation sites excluding steroid dienone is 4. The molecular formula is C24H29FO7. The van der Waals surface area contributed by atoms with Crippen molar-refractivity contribution in [3.63, 3.8) is 0 Å². The molecule has 3 fully saturated rings. The predicted molar refractivity (Wildman–Crippen MR) is 110 cm³/mol. The standard InChI is InChI=1S/C24H29FO7/c1-12-9-17-16-6-5-14-10-15(27)7-8-21(14,3)23(16,25)18(28)11-22(17,4)24(12,32-13(2)26)19(29)20(30)31/h7-8,10,12,16-18,28H,5-6,9,11H2,1-4H3,(H,30,31)/t12-,16-,17-,18-,21-,22-,23-,24-/m0/s1. The van der Waals surface area contributed by atoms with Crippen LogP contribution in [-0.4, -0.2) is 51.1 Å². The van der Waals surface area contributed by atoms with Gasteiger partial charge in [0.1, 0.15) is 0 Å². The molecule has 8 heteroatoms. The largest absolute Gasteiger partial charge is 0.475 e. The summed E-state index contributed by atoms with van der Waals surface area (Å²) in [5, 5.41) is 20.9. The summed E-state index contributed by atoms with van der Waals surface area (Å²) in [7, 11) is 0. The van der Waals surface area contributed by atoms with Crippen molar-refractivity contribution >= 4 is 23.5 Å². The molecule has 0 amide bonds. The Balaban J connectivity index is 1.88. The zero-order valence-corrected chi connectivity index (χ0v) is 18.7. The molecule has 7 nitrogen and oxygen atoms in total. The SMILES string of the molecule is CC(=O)O[C@]1(C(=O)C(=O)O)[C@@H](C)C[C@H]2[C@@H]3CCC4=CC(=O)C=C[C@]4(C)[C@@]3(F)[C@@H](O)C[C@@]21C. The van der Waals surface area contributed by atoms with Crippen LogP contribution in [0.1, 0.15) is 53.4 Å². The predicted octanol–water partition coefficient (Wildman–Crippen LogP) is 2.56. The van der Waals surface area contributed by atoms with Gasteiger partial charge < -0.3 is 14.9 Å². The number of carboxylic acids is 1. The molecule has 0 spiro atoms. The number of aliphatic carboxylic acids is 1. The molecule has 0 aliphatic heterocycles. The second-order valence-corrected chi connectivity index (χ2v) is 10.4. The fraction of sp³-hybridized carbons (Fsp3) is 0.667. The number of carbonyl (C=O) groups is 4. The highest BCUT2D eigenvalue weighted by Crippen LogP contribution is 2.71. The zero-order valence-electron chi connectivity index (χ0n) is 18.7. The summed E-state index contributed by atoms with van der Waals surface area (Å²) in [4.78, 5) is 48.8. The Hall–Kier alpha value is -2.35. The maximum atomic E-state index is 17.1. The topological polar surface area (TPSA) is 118 Å². The van der Waals surface area contributed by atoms with Crippen LogP contribution < -0.4 is 0 Å². The van der Waals surface area contributed by atoms with Gasteiger partial charge in [0.05, 0.1) is 6.10 Å². The first-order valence-corrected chi connectivity index (χ1v) is 11.0. The maximum absolute atomic E-state index is 17.1. The van der Waals surface area contributed by atoms with E-state index >= 15 is 4.39 Å². The number of rotatable bonds is 3. The lowest BCUT2D eigenvalue weighted by molar-refractivity contribution is -0.227. The quantitative estimate of drug-likeness (QED) is 0.503. The normalized spacial score (nSPS) is 47.1. The van der Waals surface area contributed by atoms with E-state index in [9.17, 15) is 29.4 Å². The molecule has 0 bridgehead atoms. The minimum absolute atomic E-state index is 0.218. The molecule has 0 aromatic rings. The summed E-state index contributed by atoms with van der Waals surface area (Å²) in [5.74, 6) is -5.86. The zero-order chi connectivity index (χ0) is 23.9. The molecule has 8 atom stereocenters. The number of hydrogen-bond donors (Lipinski definition) is 2. The van der Waals surface area contributed by atoms with Crippen LogP contribution in [0.3, 0.4) is 0 Å². The van der Waals surface area contributed by atoms with E-state index in [0.29, 0.717) is 18.4 Å². The Labute approximate surface area is 185 Å². The minimum atomic E-state index is -2.11. The first-order valence-electron chi connectivity index (χ1n) is 11.0. The highest BCUT2D eigenvalue weighted by atomic mass is 19.1. The van der Waals surface area contributed by atoms with Crippen molar-refractivity contribution in [3.05, 3.63) is 23.8 Å². The summed E-state index contributed by atoms with van der Waals surface area (Å²) in [6.45, 7) is 6.08. The summed E-state index contributed by atoms with van der Waals surface area (Å²) < 4.78 is 22.6. The van der Waals surface area contributed by atoms with Crippen LogP contribution in [0.15, 0.2) is 23.8 Å². The molecule has 0 heterocycles. The molecule has 3 saturated carbocycles. The molecular weight excluding hydrogens is 419 g/mol. The third-order valence-electron chi connectivity index (χ3n) is 9.02. The van der Waals surface area contributed by atoms with Gasteiger partial charge in [0.2, 0.25) is 0 Å². The molecule has 4 aliphatic carbocycles. The van der Waals surface area contributed by atoms with Crippen molar-refractivity contribution < 1.29 is 38.5 Å². The number of carbonyl (C=O) groups excluding carboxylic acids is 3. The lowest BCUT2D eigenvalue weighted by atomic mass is 9.44. The van der Waals surface area contributed by atoms with E-state index in [-0.39, 0.29) is 18.6 Å². The Bertz CT molecular complexity index is 985. The lowest BCUT2D eigenvalue weighted by Crippen LogP contribution is -2.70. The van der Waals surface area contributed by atoms with Gasteiger partial charge >= 0.3 is 11.9 Å². The number of esters is 1. The number of aliphatic hydroxyl groups is 1. The van der Waals surface area contributed by atoms with E-state index in [1.165, 1.54) is 18.2 Å². The molecule has 0 unspecified atom stereocenters. The first-order chi connectivity index (χ1) is 14.8. The van der Waals surface area contributed by atoms with E-state index in [2.05, 4.69) is 0 Å². The van der Waals surface area contributed by atoms with Crippen LogP contribution >= 0.6 is 0 Å². The van der Waals surface area contributed by atoms with Crippen LogP contribution in [0.25, 0.3) is 0 Å². The molecule has 2 N–H and O–H groups in total. The van der Waals surface area contributed by atoms with Crippen molar-refractivity contribution in [1.29, 1.82) is 0 Å². The number of halogens is 1. The molecule has 0 radical (unpaired) electrons. The Morgan fingerprint density at radius 1 is 1.22 bits per heavy atom. The molecule has 0 aromatic carbocycles. The molecule has 0 saturated heterocycles. The number of ether oxygens (including phenoxy) is 1. The minimum Gasteiger partial charge on any atom is -0.475 e. The fourth-order valence-electron chi connectivity index (χ4n) is 7.66. The van der Waals surface area contributed by atoms with Gasteiger partial charge in [-0.05, 0) is 50.7 Å². The number of fused-ring (bicyclic) bond motifs is 5. The maximum Gasteiger partial charge on any atom is 0.376 e. The van der Waals surface area contributed by atoms with E-state index < -0.39 is 63.7 Å². The van der Waals surface area contributed by atoms with Gasteiger partial charge in [-0.3, -0.25) is 14.4 Å². The van der Waals surface area contributed by atoms with Crippen LogP contribution in [0.5, 0.6) is 0 Å². The van der Waals surface area contributed by atoms with Crippen molar-refractivity contribution in [3.8, 4) is 0 Å². The van der Waals surface area contributed by atoms with Crippen molar-refractivity contribution in [2.45, 2.75) is 70.8 Å². The lowest BCUT2D eigenvalue weighted by Gasteiger charge is -2.62. The number of aliphatic hydroxyl groups excluding tert-OH is 1. The average molecular weight is 448 g/mol. The molecule has 174 valence electrons. The van der Waals surface area contributed by atoms with Gasteiger partial charge in [0.25, 0.3) is 5.78 Å². The van der Waals surface area contributed by atoms with E-state index in [1.807, 2.05) is 0 Å². The average Bonchev–Trinajstić information content (AvgIpc) is 2.90. The fourth-order valence-corrected chi connectivity index (χ4v) is 7.66. The van der Waals surface area contributed by atoms with E-state index in [1.54, 1.807) is 20.8 Å². The van der Waals surface area contributed by atoms with Gasteiger partial charge in [-0.1, -0.05) is 25.5 Å². The van der Waals surface area contributed by atoms with E-state index in [4.69, 9.17) is 4.74 Å². The highest BCUT2D eigenvalue weighted by molar-refractivity contribution is 6.36. The van der Waals surface area contributed by atoms with Crippen molar-refractivity contribution in [2.75, 3.05) is 0 Å². The molecule has 4 aliphatic rings. The monoisotopic (exact) mass is 448 g/mol. The number of alkyl halides is 1. The van der Waals surface area contributed by atoms with Gasteiger partial charge in [-0.2, -0.15) is 0 Å². The van der Waals surface area contributed by atoms with Gasteiger partial charge in [0.15, 0.2) is 17.1 Å². The Morgan fingerprint density at radius 2 is 1.88 bits per heavy atom. The summed E-state index contributed by atoms with van der Waals surface area (Å²) in [6, 6.07) is 0.